The molecular weight excluding hydrogens is 214 g/mol. The molecule has 84 valence electrons. The molecule has 0 spiro atoms. The van der Waals surface area contributed by atoms with Crippen LogP contribution >= 0.6 is 11.8 Å². The summed E-state index contributed by atoms with van der Waals surface area (Å²) in [5, 5.41) is 6.80. The summed E-state index contributed by atoms with van der Waals surface area (Å²) in [5.41, 5.74) is 5.20. The lowest BCUT2D eigenvalue weighted by atomic mass is 10.3. The van der Waals surface area contributed by atoms with E-state index in [1.54, 1.807) is 0 Å². The Morgan fingerprint density at radius 2 is 2.33 bits per heavy atom. The summed E-state index contributed by atoms with van der Waals surface area (Å²) < 4.78 is 0. The average molecular weight is 229 g/mol. The molecule has 5 nitrogen and oxygen atoms in total. The first-order valence-corrected chi connectivity index (χ1v) is 5.82. The monoisotopic (exact) mass is 229 g/mol. The minimum atomic E-state index is -0.227. The van der Waals surface area contributed by atoms with Gasteiger partial charge < -0.3 is 5.73 Å². The first kappa shape index (κ1) is 12.0. The molecule has 3 N–H and O–H groups in total. The van der Waals surface area contributed by atoms with Crippen molar-refractivity contribution in [2.75, 3.05) is 12.8 Å². The lowest BCUT2D eigenvalue weighted by Crippen LogP contribution is -2.26. The molecule has 1 aliphatic heterocycles. The fourth-order valence-corrected chi connectivity index (χ4v) is 2.50. The van der Waals surface area contributed by atoms with E-state index in [2.05, 4.69) is 0 Å². The van der Waals surface area contributed by atoms with E-state index in [9.17, 15) is 9.59 Å². The largest absolute Gasteiger partial charge is 0.388 e. The third-order valence-electron chi connectivity index (χ3n) is 2.25. The zero-order valence-electron chi connectivity index (χ0n) is 8.66. The van der Waals surface area contributed by atoms with Crippen molar-refractivity contribution in [3.63, 3.8) is 0 Å². The van der Waals surface area contributed by atoms with E-state index in [0.29, 0.717) is 12.8 Å². The highest BCUT2D eigenvalue weighted by Crippen LogP contribution is 2.24. The number of rotatable bonds is 5. The Labute approximate surface area is 92.9 Å². The summed E-state index contributed by atoms with van der Waals surface area (Å²) in [6.45, 7) is 0. The van der Waals surface area contributed by atoms with E-state index < -0.39 is 0 Å². The van der Waals surface area contributed by atoms with Gasteiger partial charge in [0.2, 0.25) is 11.8 Å². The van der Waals surface area contributed by atoms with Crippen LogP contribution in [0, 0.1) is 5.41 Å². The van der Waals surface area contributed by atoms with Crippen molar-refractivity contribution in [1.82, 2.24) is 4.90 Å². The number of thioether (sulfide) groups is 1. The Balaban J connectivity index is 2.26. The molecule has 15 heavy (non-hydrogen) atoms. The molecule has 0 radical (unpaired) electrons. The van der Waals surface area contributed by atoms with Gasteiger partial charge >= 0.3 is 0 Å². The topological polar surface area (TPSA) is 87.2 Å². The minimum Gasteiger partial charge on any atom is -0.388 e. The van der Waals surface area contributed by atoms with E-state index in [0.717, 1.165) is 12.2 Å². The van der Waals surface area contributed by atoms with Crippen LogP contribution in [0.2, 0.25) is 0 Å². The molecule has 2 amide bonds. The molecule has 1 fully saturated rings. The van der Waals surface area contributed by atoms with Gasteiger partial charge in [-0.25, -0.2) is 0 Å². The maximum absolute atomic E-state index is 11.5. The van der Waals surface area contributed by atoms with Crippen molar-refractivity contribution in [2.45, 2.75) is 24.5 Å². The van der Waals surface area contributed by atoms with Gasteiger partial charge in [-0.1, -0.05) is 0 Å². The Kier molecular flexibility index (Phi) is 4.14. The zero-order chi connectivity index (χ0) is 11.4. The second-order valence-electron chi connectivity index (χ2n) is 3.48. The number of carbonyl (C=O) groups excluding carboxylic acids is 2. The number of amides is 2. The number of nitrogens with zero attached hydrogens (tertiary/aromatic N) is 1. The van der Waals surface area contributed by atoms with Crippen LogP contribution in [-0.4, -0.2) is 40.6 Å². The van der Waals surface area contributed by atoms with E-state index in [1.165, 1.54) is 23.7 Å². The number of hydrogen-bond donors (Lipinski definition) is 2. The Morgan fingerprint density at radius 3 is 2.80 bits per heavy atom. The zero-order valence-corrected chi connectivity index (χ0v) is 9.47. The number of amidine groups is 1. The molecule has 1 atom stereocenters. The van der Waals surface area contributed by atoms with Crippen molar-refractivity contribution in [2.24, 2.45) is 5.73 Å². The van der Waals surface area contributed by atoms with Crippen molar-refractivity contribution >= 4 is 29.4 Å². The molecule has 0 bridgehead atoms. The Bertz CT molecular complexity index is 293. The number of nitrogens with one attached hydrogen (secondary N) is 1. The van der Waals surface area contributed by atoms with E-state index in [-0.39, 0.29) is 22.9 Å². The van der Waals surface area contributed by atoms with Crippen molar-refractivity contribution in [3.8, 4) is 0 Å². The van der Waals surface area contributed by atoms with E-state index in [1.807, 2.05) is 0 Å². The van der Waals surface area contributed by atoms with Gasteiger partial charge in [-0.3, -0.25) is 19.9 Å². The standard InChI is InChI=1S/C9H15N3O2S/c1-12-8(13)5-6(9(12)14)15-4-2-3-7(10)11/h6H,2-5H2,1H3,(H3,10,11). The number of imide groups is 1. The summed E-state index contributed by atoms with van der Waals surface area (Å²) >= 11 is 1.48. The number of carbonyl (C=O) groups is 2. The van der Waals surface area contributed by atoms with Gasteiger partial charge in [-0.2, -0.15) is 0 Å². The molecule has 1 aliphatic rings. The van der Waals surface area contributed by atoms with Gasteiger partial charge in [0.05, 0.1) is 11.1 Å². The summed E-state index contributed by atoms with van der Waals surface area (Å²) in [6, 6.07) is 0. The highest BCUT2D eigenvalue weighted by atomic mass is 32.2. The van der Waals surface area contributed by atoms with Gasteiger partial charge in [-0.05, 0) is 12.2 Å². The van der Waals surface area contributed by atoms with Crippen molar-refractivity contribution in [1.29, 1.82) is 5.41 Å². The molecule has 1 unspecified atom stereocenters. The first-order chi connectivity index (χ1) is 7.02. The highest BCUT2D eigenvalue weighted by Gasteiger charge is 2.35. The van der Waals surface area contributed by atoms with Gasteiger partial charge in [0.25, 0.3) is 0 Å². The molecule has 1 saturated heterocycles. The summed E-state index contributed by atoms with van der Waals surface area (Å²) in [7, 11) is 1.51. The quantitative estimate of drug-likeness (QED) is 0.305. The van der Waals surface area contributed by atoms with Crippen LogP contribution in [-0.2, 0) is 9.59 Å². The summed E-state index contributed by atoms with van der Waals surface area (Å²) in [4.78, 5) is 23.8. The fourth-order valence-electron chi connectivity index (χ4n) is 1.34. The molecular formula is C9H15N3O2S. The van der Waals surface area contributed by atoms with Crippen molar-refractivity contribution < 1.29 is 9.59 Å². The van der Waals surface area contributed by atoms with Gasteiger partial charge in [-0.15, -0.1) is 11.8 Å². The molecule has 1 rings (SSSR count). The van der Waals surface area contributed by atoms with Crippen LogP contribution in [0.4, 0.5) is 0 Å². The van der Waals surface area contributed by atoms with Crippen LogP contribution in [0.1, 0.15) is 19.3 Å². The second kappa shape index (κ2) is 5.16. The Hall–Kier alpha value is -1.04. The van der Waals surface area contributed by atoms with E-state index in [4.69, 9.17) is 11.1 Å². The molecule has 0 aliphatic carbocycles. The molecule has 1 heterocycles. The summed E-state index contributed by atoms with van der Waals surface area (Å²) in [5.74, 6) is 0.718. The summed E-state index contributed by atoms with van der Waals surface area (Å²) in [6.07, 6.45) is 1.64. The van der Waals surface area contributed by atoms with Crippen molar-refractivity contribution in [3.05, 3.63) is 0 Å². The molecule has 0 aromatic rings. The number of nitrogens with two attached hydrogens (primary N) is 1. The molecule has 0 saturated carbocycles. The first-order valence-electron chi connectivity index (χ1n) is 4.77. The van der Waals surface area contributed by atoms with Crippen LogP contribution in [0.15, 0.2) is 0 Å². The molecule has 6 heteroatoms. The number of likely N-dealkylation sites (tertiary alicyclic amines) is 1. The van der Waals surface area contributed by atoms with Gasteiger partial charge in [0.15, 0.2) is 0 Å². The van der Waals surface area contributed by atoms with Crippen LogP contribution in [0.3, 0.4) is 0 Å². The lowest BCUT2D eigenvalue weighted by Gasteiger charge is -2.07. The predicted octanol–water partition coefficient (Wildman–Crippen LogP) is 0.193. The van der Waals surface area contributed by atoms with Gasteiger partial charge in [0.1, 0.15) is 0 Å². The highest BCUT2D eigenvalue weighted by molar-refractivity contribution is 8.00. The maximum Gasteiger partial charge on any atom is 0.242 e. The lowest BCUT2D eigenvalue weighted by molar-refractivity contribution is -0.136. The second-order valence-corrected chi connectivity index (χ2v) is 4.79. The third-order valence-corrected chi connectivity index (χ3v) is 3.54. The Morgan fingerprint density at radius 1 is 1.67 bits per heavy atom. The smallest absolute Gasteiger partial charge is 0.242 e. The van der Waals surface area contributed by atoms with Crippen LogP contribution in [0.5, 0.6) is 0 Å². The normalized spacial score (nSPS) is 21.1. The number of hydrogen-bond acceptors (Lipinski definition) is 4. The molecule has 0 aromatic heterocycles. The third kappa shape index (κ3) is 3.23. The van der Waals surface area contributed by atoms with Gasteiger partial charge in [0, 0.05) is 19.9 Å². The van der Waals surface area contributed by atoms with E-state index >= 15 is 0 Å². The van der Waals surface area contributed by atoms with Crippen LogP contribution in [0.25, 0.3) is 0 Å². The fraction of sp³-hybridized carbons (Fsp3) is 0.667. The average Bonchev–Trinajstić information content (AvgIpc) is 2.41. The van der Waals surface area contributed by atoms with Crippen LogP contribution < -0.4 is 5.73 Å². The molecule has 0 aromatic carbocycles. The maximum atomic E-state index is 11.5. The predicted molar refractivity (Wildman–Crippen MR) is 59.8 cm³/mol. The minimum absolute atomic E-state index is 0.104. The SMILES string of the molecule is CN1C(=O)CC(SCCCC(=N)N)C1=O.